The number of fused-ring (bicyclic) bond motifs is 1. The summed E-state index contributed by atoms with van der Waals surface area (Å²) in [5, 5.41) is 3.28. The number of hydrogen-bond acceptors (Lipinski definition) is 3. The van der Waals surface area contributed by atoms with Crippen molar-refractivity contribution in [2.45, 2.75) is 31.2 Å². The van der Waals surface area contributed by atoms with E-state index in [4.69, 9.17) is 0 Å². The molecule has 9 heteroatoms. The van der Waals surface area contributed by atoms with E-state index in [2.05, 4.69) is 15.0 Å². The second kappa shape index (κ2) is 8.30. The van der Waals surface area contributed by atoms with Crippen LogP contribution in [0.15, 0.2) is 47.5 Å². The first-order valence-corrected chi connectivity index (χ1v) is 10.5. The van der Waals surface area contributed by atoms with Gasteiger partial charge in [-0.25, -0.2) is 21.9 Å². The van der Waals surface area contributed by atoms with Crippen molar-refractivity contribution in [3.8, 4) is 0 Å². The Labute approximate surface area is 167 Å². The van der Waals surface area contributed by atoms with E-state index >= 15 is 0 Å². The Morgan fingerprint density at radius 3 is 2.62 bits per heavy atom. The Bertz CT molecular complexity index is 1160. The number of hydrogen-bond donors (Lipinski definition) is 3. The predicted octanol–water partition coefficient (Wildman–Crippen LogP) is 3.11. The molecule has 0 unspecified atom stereocenters. The number of rotatable bonds is 7. The van der Waals surface area contributed by atoms with Gasteiger partial charge < -0.3 is 10.3 Å². The lowest BCUT2D eigenvalue weighted by Gasteiger charge is -2.11. The molecule has 3 aromatic rings. The van der Waals surface area contributed by atoms with Crippen LogP contribution in [0.5, 0.6) is 0 Å². The maximum Gasteiger partial charge on any atom is 0.254 e. The Hall–Kier alpha value is -2.78. The fourth-order valence-electron chi connectivity index (χ4n) is 2.99. The van der Waals surface area contributed by atoms with Crippen LogP contribution in [0.3, 0.4) is 0 Å². The molecule has 0 spiro atoms. The van der Waals surface area contributed by atoms with Crippen molar-refractivity contribution in [1.29, 1.82) is 0 Å². The summed E-state index contributed by atoms with van der Waals surface area (Å²) < 4.78 is 54.4. The third kappa shape index (κ3) is 4.80. The smallest absolute Gasteiger partial charge is 0.254 e. The highest BCUT2D eigenvalue weighted by atomic mass is 32.2. The third-order valence-electron chi connectivity index (χ3n) is 4.29. The summed E-state index contributed by atoms with van der Waals surface area (Å²) in [6.07, 6.45) is 2.12. The van der Waals surface area contributed by atoms with E-state index in [1.165, 1.54) is 12.1 Å². The standard InChI is InChI=1S/C20H21F2N3O3S/c1-12(2)25-29(27,28)15-4-5-18(22)17(10-15)20(26)23-8-7-13-11-24-19-6-3-14(21)9-16(13)19/h3-6,9-12,24-25H,7-8H2,1-2H3,(H,23,26). The van der Waals surface area contributed by atoms with Crippen molar-refractivity contribution in [1.82, 2.24) is 15.0 Å². The molecule has 0 saturated heterocycles. The van der Waals surface area contributed by atoms with Crippen molar-refractivity contribution in [3.63, 3.8) is 0 Å². The van der Waals surface area contributed by atoms with Gasteiger partial charge in [0.1, 0.15) is 11.6 Å². The highest BCUT2D eigenvalue weighted by molar-refractivity contribution is 7.89. The summed E-state index contributed by atoms with van der Waals surface area (Å²) in [6, 6.07) is 7.10. The molecule has 0 aliphatic carbocycles. The van der Waals surface area contributed by atoms with Crippen LogP contribution < -0.4 is 10.0 Å². The number of sulfonamides is 1. The number of aromatic nitrogens is 1. The molecule has 3 rings (SSSR count). The SMILES string of the molecule is CC(C)NS(=O)(=O)c1ccc(F)c(C(=O)NCCc2c[nH]c3ccc(F)cc23)c1. The first-order valence-electron chi connectivity index (χ1n) is 9.03. The van der Waals surface area contributed by atoms with Crippen molar-refractivity contribution in [3.05, 3.63) is 65.4 Å². The molecule has 0 aliphatic heterocycles. The fraction of sp³-hybridized carbons (Fsp3) is 0.250. The third-order valence-corrected chi connectivity index (χ3v) is 5.95. The van der Waals surface area contributed by atoms with E-state index in [9.17, 15) is 22.0 Å². The summed E-state index contributed by atoms with van der Waals surface area (Å²) in [6.45, 7) is 3.49. The van der Waals surface area contributed by atoms with E-state index in [1.807, 2.05) is 0 Å². The zero-order chi connectivity index (χ0) is 21.2. The van der Waals surface area contributed by atoms with Crippen LogP contribution in [-0.2, 0) is 16.4 Å². The van der Waals surface area contributed by atoms with Crippen LogP contribution in [0.25, 0.3) is 10.9 Å². The minimum atomic E-state index is -3.85. The van der Waals surface area contributed by atoms with Crippen molar-refractivity contribution < 1.29 is 22.0 Å². The van der Waals surface area contributed by atoms with E-state index in [-0.39, 0.29) is 28.9 Å². The molecular formula is C20H21F2N3O3S. The number of benzene rings is 2. The lowest BCUT2D eigenvalue weighted by atomic mass is 10.1. The van der Waals surface area contributed by atoms with Gasteiger partial charge in [-0.3, -0.25) is 4.79 Å². The molecule has 0 atom stereocenters. The monoisotopic (exact) mass is 421 g/mol. The summed E-state index contributed by atoms with van der Waals surface area (Å²) in [7, 11) is -3.85. The van der Waals surface area contributed by atoms with Gasteiger partial charge in [0.05, 0.1) is 10.5 Å². The second-order valence-electron chi connectivity index (χ2n) is 6.93. The lowest BCUT2D eigenvalue weighted by Crippen LogP contribution is -2.31. The molecule has 0 bridgehead atoms. The normalized spacial score (nSPS) is 11.9. The van der Waals surface area contributed by atoms with Gasteiger partial charge in [0.15, 0.2) is 0 Å². The highest BCUT2D eigenvalue weighted by Crippen LogP contribution is 2.20. The fourth-order valence-corrected chi connectivity index (χ4v) is 4.26. The van der Waals surface area contributed by atoms with Gasteiger partial charge in [-0.2, -0.15) is 0 Å². The summed E-state index contributed by atoms with van der Waals surface area (Å²) in [5.74, 6) is -1.91. The Morgan fingerprint density at radius 2 is 1.90 bits per heavy atom. The number of carbonyl (C=O) groups is 1. The summed E-state index contributed by atoms with van der Waals surface area (Å²) in [5.41, 5.74) is 1.22. The zero-order valence-corrected chi connectivity index (χ0v) is 16.7. The van der Waals surface area contributed by atoms with Crippen LogP contribution >= 0.6 is 0 Å². The van der Waals surface area contributed by atoms with Crippen LogP contribution in [0.2, 0.25) is 0 Å². The minimum Gasteiger partial charge on any atom is -0.361 e. The Kier molecular flexibility index (Phi) is 5.99. The van der Waals surface area contributed by atoms with Gasteiger partial charge in [0.25, 0.3) is 5.91 Å². The molecule has 0 fully saturated rings. The Balaban J connectivity index is 1.72. The molecule has 154 valence electrons. The van der Waals surface area contributed by atoms with Crippen LogP contribution in [0.4, 0.5) is 8.78 Å². The molecule has 2 aromatic carbocycles. The predicted molar refractivity (Wildman–Crippen MR) is 106 cm³/mol. The van der Waals surface area contributed by atoms with Gasteiger partial charge in [-0.1, -0.05) is 0 Å². The largest absolute Gasteiger partial charge is 0.361 e. The number of halogens is 2. The highest BCUT2D eigenvalue weighted by Gasteiger charge is 2.20. The molecule has 1 heterocycles. The first-order chi connectivity index (χ1) is 13.7. The van der Waals surface area contributed by atoms with E-state index in [0.717, 1.165) is 29.3 Å². The molecule has 3 N–H and O–H groups in total. The van der Waals surface area contributed by atoms with Crippen molar-refractivity contribution in [2.24, 2.45) is 0 Å². The maximum atomic E-state index is 14.1. The summed E-state index contributed by atoms with van der Waals surface area (Å²) >= 11 is 0. The van der Waals surface area contributed by atoms with Gasteiger partial charge >= 0.3 is 0 Å². The number of amides is 1. The number of H-pyrrole nitrogens is 1. The van der Waals surface area contributed by atoms with E-state index in [1.54, 1.807) is 26.1 Å². The number of carbonyl (C=O) groups excluding carboxylic acids is 1. The van der Waals surface area contributed by atoms with Gasteiger partial charge in [-0.05, 0) is 62.2 Å². The second-order valence-corrected chi connectivity index (χ2v) is 8.64. The molecule has 0 saturated carbocycles. The molecule has 0 radical (unpaired) electrons. The topological polar surface area (TPSA) is 91.1 Å². The summed E-state index contributed by atoms with van der Waals surface area (Å²) in [4.78, 5) is 15.2. The Morgan fingerprint density at radius 1 is 1.14 bits per heavy atom. The van der Waals surface area contributed by atoms with E-state index in [0.29, 0.717) is 11.8 Å². The zero-order valence-electron chi connectivity index (χ0n) is 15.9. The van der Waals surface area contributed by atoms with Gasteiger partial charge in [0, 0.05) is 29.7 Å². The lowest BCUT2D eigenvalue weighted by molar-refractivity contribution is 0.0950. The molecule has 1 aromatic heterocycles. The first kappa shape index (κ1) is 20.9. The minimum absolute atomic E-state index is 0.170. The molecular weight excluding hydrogens is 400 g/mol. The molecule has 0 aliphatic rings. The quantitative estimate of drug-likeness (QED) is 0.548. The van der Waals surface area contributed by atoms with Gasteiger partial charge in [-0.15, -0.1) is 0 Å². The maximum absolute atomic E-state index is 14.1. The van der Waals surface area contributed by atoms with Gasteiger partial charge in [0.2, 0.25) is 10.0 Å². The molecule has 29 heavy (non-hydrogen) atoms. The van der Waals surface area contributed by atoms with Crippen LogP contribution in [0, 0.1) is 11.6 Å². The molecule has 1 amide bonds. The van der Waals surface area contributed by atoms with Crippen LogP contribution in [0.1, 0.15) is 29.8 Å². The number of aromatic amines is 1. The van der Waals surface area contributed by atoms with E-state index < -0.39 is 21.7 Å². The molecule has 6 nitrogen and oxygen atoms in total. The van der Waals surface area contributed by atoms with Crippen LogP contribution in [-0.4, -0.2) is 31.9 Å². The average Bonchev–Trinajstić information content (AvgIpc) is 3.03. The van der Waals surface area contributed by atoms with Crippen molar-refractivity contribution >= 4 is 26.8 Å². The van der Waals surface area contributed by atoms with Crippen molar-refractivity contribution in [2.75, 3.05) is 6.54 Å². The average molecular weight is 421 g/mol. The number of nitrogens with one attached hydrogen (secondary N) is 3.